The number of aromatic nitrogens is 1. The van der Waals surface area contributed by atoms with Gasteiger partial charge in [0.25, 0.3) is 0 Å². The van der Waals surface area contributed by atoms with Crippen LogP contribution in [-0.4, -0.2) is 23.5 Å². The van der Waals surface area contributed by atoms with Crippen molar-refractivity contribution in [2.24, 2.45) is 15.6 Å². The molecule has 0 spiro atoms. The molecule has 0 fully saturated rings. The summed E-state index contributed by atoms with van der Waals surface area (Å²) in [7, 11) is 0. The molecule has 1 aromatic carbocycles. The highest BCUT2D eigenvalue weighted by molar-refractivity contribution is 5.81. The highest BCUT2D eigenvalue weighted by Crippen LogP contribution is 2.31. The summed E-state index contributed by atoms with van der Waals surface area (Å²) in [5.74, 6) is -1.45. The number of nitrogens with zero attached hydrogens (tertiary/aromatic N) is 3. The number of ether oxygens (including phenoxy) is 2. The van der Waals surface area contributed by atoms with Gasteiger partial charge in [-0.2, -0.15) is 5.11 Å². The molecule has 27 heavy (non-hydrogen) atoms. The van der Waals surface area contributed by atoms with Crippen LogP contribution in [0.5, 0.6) is 5.75 Å². The molecule has 142 valence electrons. The number of nitrogens with two attached hydrogens (primary N) is 2. The van der Waals surface area contributed by atoms with E-state index in [4.69, 9.17) is 20.9 Å². The summed E-state index contributed by atoms with van der Waals surface area (Å²) >= 11 is 0. The Labute approximate surface area is 156 Å². The van der Waals surface area contributed by atoms with Crippen molar-refractivity contribution >= 4 is 34.9 Å². The maximum atomic E-state index is 11.9. The molecule has 0 atom stereocenters. The molecule has 9 nitrogen and oxygen atoms in total. The third-order valence-electron chi connectivity index (χ3n) is 3.21. The second-order valence-corrected chi connectivity index (χ2v) is 6.61. The van der Waals surface area contributed by atoms with E-state index in [9.17, 15) is 9.59 Å². The van der Waals surface area contributed by atoms with Crippen LogP contribution in [-0.2, 0) is 14.3 Å². The highest BCUT2D eigenvalue weighted by Gasteiger charge is 2.24. The van der Waals surface area contributed by atoms with E-state index in [-0.39, 0.29) is 23.1 Å². The number of nitrogen functional groups attached to an aromatic ring is 2. The Balaban J connectivity index is 2.10. The van der Waals surface area contributed by atoms with Crippen molar-refractivity contribution in [1.29, 1.82) is 0 Å². The van der Waals surface area contributed by atoms with Gasteiger partial charge in [-0.25, -0.2) is 9.78 Å². The summed E-state index contributed by atoms with van der Waals surface area (Å²) in [5, 5.41) is 8.03. The van der Waals surface area contributed by atoms with Gasteiger partial charge in [-0.05, 0) is 32.9 Å². The van der Waals surface area contributed by atoms with Crippen molar-refractivity contribution in [3.63, 3.8) is 0 Å². The predicted octanol–water partition coefficient (Wildman–Crippen LogP) is 3.16. The lowest BCUT2D eigenvalue weighted by Gasteiger charge is -2.16. The number of rotatable bonds is 5. The topological polar surface area (TPSA) is 142 Å². The van der Waals surface area contributed by atoms with Crippen LogP contribution in [0, 0.1) is 5.41 Å². The molecule has 0 bridgehead atoms. The molecule has 0 aliphatic heterocycles. The lowest BCUT2D eigenvalue weighted by Crippen LogP contribution is -2.27. The van der Waals surface area contributed by atoms with Gasteiger partial charge in [0.1, 0.15) is 5.69 Å². The zero-order valence-electron chi connectivity index (χ0n) is 15.3. The third-order valence-corrected chi connectivity index (χ3v) is 3.21. The van der Waals surface area contributed by atoms with E-state index in [2.05, 4.69) is 15.2 Å². The number of hydrogen-bond acceptors (Lipinski definition) is 9. The summed E-state index contributed by atoms with van der Waals surface area (Å²) in [6, 6.07) is 10.3. The van der Waals surface area contributed by atoms with Crippen LogP contribution in [0.1, 0.15) is 20.8 Å². The molecular formula is C18H21N5O4. The molecule has 0 radical (unpaired) electrons. The minimum atomic E-state index is -0.809. The number of esters is 2. The van der Waals surface area contributed by atoms with Crippen LogP contribution < -0.4 is 16.2 Å². The van der Waals surface area contributed by atoms with E-state index >= 15 is 0 Å². The van der Waals surface area contributed by atoms with E-state index in [1.165, 1.54) is 6.07 Å². The fourth-order valence-electron chi connectivity index (χ4n) is 1.78. The monoisotopic (exact) mass is 371 g/mol. The molecule has 0 unspecified atom stereocenters. The molecule has 0 saturated carbocycles. The smallest absolute Gasteiger partial charge is 0.349 e. The maximum absolute atomic E-state index is 11.9. The van der Waals surface area contributed by atoms with Gasteiger partial charge in [0, 0.05) is 6.07 Å². The first-order valence-electron chi connectivity index (χ1n) is 8.07. The number of pyridine rings is 1. The largest absolute Gasteiger partial charge is 0.453 e. The molecule has 1 aromatic heterocycles. The fraction of sp³-hybridized carbons (Fsp3) is 0.278. The van der Waals surface area contributed by atoms with Crippen LogP contribution in [0.15, 0.2) is 46.6 Å². The Kier molecular flexibility index (Phi) is 6.07. The highest BCUT2D eigenvalue weighted by atomic mass is 16.6. The van der Waals surface area contributed by atoms with Gasteiger partial charge in [0.15, 0.2) is 24.0 Å². The number of carbonyl (C=O) groups is 2. The van der Waals surface area contributed by atoms with Gasteiger partial charge in [-0.15, -0.1) is 5.11 Å². The lowest BCUT2D eigenvalue weighted by molar-refractivity contribution is -0.160. The van der Waals surface area contributed by atoms with Crippen LogP contribution in [0.25, 0.3) is 0 Å². The van der Waals surface area contributed by atoms with Crippen molar-refractivity contribution in [3.8, 4) is 5.75 Å². The Hall–Kier alpha value is -3.49. The molecule has 2 aromatic rings. The molecule has 0 saturated heterocycles. The minimum Gasteiger partial charge on any atom is -0.453 e. The van der Waals surface area contributed by atoms with Gasteiger partial charge in [0.2, 0.25) is 0 Å². The normalized spacial score (nSPS) is 11.4. The van der Waals surface area contributed by atoms with E-state index in [0.717, 1.165) is 0 Å². The zero-order chi connectivity index (χ0) is 20.0. The second-order valence-electron chi connectivity index (χ2n) is 6.61. The van der Waals surface area contributed by atoms with Gasteiger partial charge in [-0.3, -0.25) is 4.79 Å². The van der Waals surface area contributed by atoms with E-state index in [1.54, 1.807) is 32.9 Å². The van der Waals surface area contributed by atoms with Crippen LogP contribution in [0.3, 0.4) is 0 Å². The average molecular weight is 371 g/mol. The molecule has 4 N–H and O–H groups in total. The first kappa shape index (κ1) is 19.8. The first-order chi connectivity index (χ1) is 12.7. The fourth-order valence-corrected chi connectivity index (χ4v) is 1.78. The third kappa shape index (κ3) is 5.77. The number of carbonyl (C=O) groups excluding carboxylic acids is 2. The molecule has 0 aliphatic rings. The Morgan fingerprint density at radius 2 is 1.74 bits per heavy atom. The predicted molar refractivity (Wildman–Crippen MR) is 99.7 cm³/mol. The quantitative estimate of drug-likeness (QED) is 0.607. The van der Waals surface area contributed by atoms with Gasteiger partial charge < -0.3 is 20.9 Å². The van der Waals surface area contributed by atoms with E-state index in [1.807, 2.05) is 18.2 Å². The maximum Gasteiger partial charge on any atom is 0.349 e. The van der Waals surface area contributed by atoms with Gasteiger partial charge >= 0.3 is 11.9 Å². The van der Waals surface area contributed by atoms with Crippen molar-refractivity contribution in [1.82, 2.24) is 4.98 Å². The molecule has 0 aliphatic carbocycles. The van der Waals surface area contributed by atoms with E-state index in [0.29, 0.717) is 5.69 Å². The molecule has 0 amide bonds. The number of azo groups is 1. The van der Waals surface area contributed by atoms with Crippen LogP contribution in [0.4, 0.5) is 23.0 Å². The van der Waals surface area contributed by atoms with Gasteiger partial charge in [-0.1, -0.05) is 18.2 Å². The zero-order valence-corrected chi connectivity index (χ0v) is 15.3. The summed E-state index contributed by atoms with van der Waals surface area (Å²) in [6.07, 6.45) is 0. The summed E-state index contributed by atoms with van der Waals surface area (Å²) in [5.41, 5.74) is 11.6. The lowest BCUT2D eigenvalue weighted by atomic mass is 9.97. The van der Waals surface area contributed by atoms with Crippen LogP contribution >= 0.6 is 0 Å². The molecule has 9 heteroatoms. The summed E-state index contributed by atoms with van der Waals surface area (Å²) in [6.45, 7) is 4.46. The Bertz CT molecular complexity index is 860. The number of anilines is 2. The van der Waals surface area contributed by atoms with Crippen molar-refractivity contribution in [2.75, 3.05) is 18.1 Å². The molecular weight excluding hydrogens is 350 g/mol. The SMILES string of the molecule is CC(C)(C)C(=O)OCC(=O)Oc1cc(/N=N/c2ccccc2)c(N)nc1N. The number of hydrogen-bond donors (Lipinski definition) is 2. The number of benzene rings is 1. The minimum absolute atomic E-state index is 0.0335. The Morgan fingerprint density at radius 3 is 2.37 bits per heavy atom. The molecule has 1 heterocycles. The standard InChI is InChI=1S/C18H21N5O4/c1-18(2,3)17(25)26-10-14(24)27-13-9-12(15(19)21-16(13)20)23-22-11-7-5-4-6-8-11/h4-9H,10H2,1-3H3,(H4,19,20,21)/b23-22+. The Morgan fingerprint density at radius 1 is 1.07 bits per heavy atom. The van der Waals surface area contributed by atoms with Crippen LogP contribution in [0.2, 0.25) is 0 Å². The van der Waals surface area contributed by atoms with Crippen molar-refractivity contribution in [3.05, 3.63) is 36.4 Å². The molecule has 2 rings (SSSR count). The second kappa shape index (κ2) is 8.26. The average Bonchev–Trinajstić information content (AvgIpc) is 2.61. The van der Waals surface area contributed by atoms with E-state index < -0.39 is 24.0 Å². The van der Waals surface area contributed by atoms with Crippen molar-refractivity contribution < 1.29 is 19.1 Å². The first-order valence-corrected chi connectivity index (χ1v) is 8.07. The van der Waals surface area contributed by atoms with Gasteiger partial charge in [0.05, 0.1) is 11.1 Å². The van der Waals surface area contributed by atoms with Crippen molar-refractivity contribution in [2.45, 2.75) is 20.8 Å². The summed E-state index contributed by atoms with van der Waals surface area (Å²) in [4.78, 5) is 27.5. The summed E-state index contributed by atoms with van der Waals surface area (Å²) < 4.78 is 9.99.